The number of nitrogens with one attached hydrogen (secondary N) is 1. The summed E-state index contributed by atoms with van der Waals surface area (Å²) in [5.74, 6) is -0.484. The minimum atomic E-state index is -3.87. The number of anilines is 1. The molecule has 0 unspecified atom stereocenters. The van der Waals surface area contributed by atoms with Crippen LogP contribution in [0.3, 0.4) is 0 Å². The van der Waals surface area contributed by atoms with Crippen molar-refractivity contribution in [3.8, 4) is 0 Å². The zero-order chi connectivity index (χ0) is 22.8. The smallest absolute Gasteiger partial charge is 0.271 e. The molecule has 31 heavy (non-hydrogen) atoms. The van der Waals surface area contributed by atoms with Gasteiger partial charge in [0.25, 0.3) is 5.69 Å². The first-order chi connectivity index (χ1) is 14.6. The van der Waals surface area contributed by atoms with Crippen LogP contribution in [0.25, 0.3) is 0 Å². The maximum atomic E-state index is 12.9. The Bertz CT molecular complexity index is 1100. The summed E-state index contributed by atoms with van der Waals surface area (Å²) in [6.45, 7) is 3.32. The lowest BCUT2D eigenvalue weighted by atomic mass is 9.89. The molecule has 8 nitrogen and oxygen atoms in total. The molecule has 0 saturated heterocycles. The fourth-order valence-corrected chi connectivity index (χ4v) is 5.16. The quantitative estimate of drug-likeness (QED) is 0.518. The van der Waals surface area contributed by atoms with Gasteiger partial charge in [0.2, 0.25) is 15.9 Å². The Labute approximate surface area is 182 Å². The van der Waals surface area contributed by atoms with E-state index < -0.39 is 26.9 Å². The number of nitro benzene ring substituents is 1. The van der Waals surface area contributed by atoms with Gasteiger partial charge in [0.15, 0.2) is 0 Å². The molecule has 0 spiro atoms. The van der Waals surface area contributed by atoms with Crippen LogP contribution in [0.4, 0.5) is 11.4 Å². The number of hydrogen-bond acceptors (Lipinski definition) is 5. The van der Waals surface area contributed by atoms with Gasteiger partial charge < -0.3 is 5.32 Å². The molecule has 0 fully saturated rings. The monoisotopic (exact) mass is 445 g/mol. The second kappa shape index (κ2) is 9.05. The van der Waals surface area contributed by atoms with E-state index in [9.17, 15) is 23.3 Å². The third-order valence-corrected chi connectivity index (χ3v) is 6.86. The van der Waals surface area contributed by atoms with Gasteiger partial charge >= 0.3 is 0 Å². The number of carbonyl (C=O) groups is 1. The topological polar surface area (TPSA) is 110 Å². The molecule has 2 aromatic rings. The van der Waals surface area contributed by atoms with Crippen molar-refractivity contribution in [3.05, 3.63) is 69.3 Å². The fourth-order valence-electron chi connectivity index (χ4n) is 3.99. The number of aryl methyl sites for hydroxylation is 2. The van der Waals surface area contributed by atoms with Crippen molar-refractivity contribution >= 4 is 27.3 Å². The van der Waals surface area contributed by atoms with Gasteiger partial charge in [0.1, 0.15) is 6.04 Å². The third-order valence-electron chi connectivity index (χ3n) is 5.61. The largest absolute Gasteiger partial charge is 0.348 e. The Morgan fingerprint density at radius 2 is 1.77 bits per heavy atom. The van der Waals surface area contributed by atoms with E-state index in [2.05, 4.69) is 17.4 Å². The summed E-state index contributed by atoms with van der Waals surface area (Å²) >= 11 is 0. The number of rotatable bonds is 7. The molecule has 0 saturated carbocycles. The van der Waals surface area contributed by atoms with E-state index >= 15 is 0 Å². The number of sulfonamides is 1. The molecule has 1 N–H and O–H groups in total. The molecule has 0 radical (unpaired) electrons. The average molecular weight is 446 g/mol. The highest BCUT2D eigenvalue weighted by Gasteiger charge is 2.31. The van der Waals surface area contributed by atoms with Gasteiger partial charge in [0, 0.05) is 12.1 Å². The molecule has 3 rings (SSSR count). The zero-order valence-electron chi connectivity index (χ0n) is 17.9. The number of nitrogens with zero attached hydrogens (tertiary/aromatic N) is 2. The normalized spacial score (nSPS) is 15.5. The van der Waals surface area contributed by atoms with Gasteiger partial charge in [-0.25, -0.2) is 8.42 Å². The Kier molecular flexibility index (Phi) is 6.64. The fraction of sp³-hybridized carbons (Fsp3) is 0.409. The van der Waals surface area contributed by atoms with Gasteiger partial charge in [-0.05, 0) is 62.3 Å². The Hall–Kier alpha value is -2.94. The Morgan fingerprint density at radius 3 is 2.42 bits per heavy atom. The summed E-state index contributed by atoms with van der Waals surface area (Å²) in [7, 11) is -3.87. The first-order valence-electron chi connectivity index (χ1n) is 10.2. The maximum Gasteiger partial charge on any atom is 0.271 e. The summed E-state index contributed by atoms with van der Waals surface area (Å²) in [5.41, 5.74) is 3.42. The van der Waals surface area contributed by atoms with Crippen molar-refractivity contribution in [1.82, 2.24) is 5.32 Å². The highest BCUT2D eigenvalue weighted by molar-refractivity contribution is 7.92. The van der Waals surface area contributed by atoms with Gasteiger partial charge in [-0.1, -0.05) is 24.3 Å². The molecule has 1 aliphatic rings. The molecule has 0 aliphatic heterocycles. The zero-order valence-corrected chi connectivity index (χ0v) is 18.7. The minimum absolute atomic E-state index is 0.0702. The molecule has 0 aromatic heterocycles. The molecule has 2 aromatic carbocycles. The number of amides is 1. The van der Waals surface area contributed by atoms with Crippen molar-refractivity contribution in [3.63, 3.8) is 0 Å². The van der Waals surface area contributed by atoms with E-state index in [1.54, 1.807) is 0 Å². The number of hydrogen-bond donors (Lipinski definition) is 1. The van der Waals surface area contributed by atoms with Crippen molar-refractivity contribution < 1.29 is 18.1 Å². The SMILES string of the molecule is C[C@H](NC(=O)[C@@H](C)N(c1cccc([N+](=O)[O-])c1)S(C)(=O)=O)c1ccc2c(c1)CCCC2. The highest BCUT2D eigenvalue weighted by atomic mass is 32.2. The molecular weight excluding hydrogens is 418 g/mol. The summed E-state index contributed by atoms with van der Waals surface area (Å²) in [6.07, 6.45) is 5.41. The molecule has 1 aliphatic carbocycles. The summed E-state index contributed by atoms with van der Waals surface area (Å²) < 4.78 is 25.8. The second-order valence-electron chi connectivity index (χ2n) is 7.98. The van der Waals surface area contributed by atoms with Crippen molar-refractivity contribution in [2.75, 3.05) is 10.6 Å². The van der Waals surface area contributed by atoms with Gasteiger partial charge in [-0.3, -0.25) is 19.2 Å². The van der Waals surface area contributed by atoms with Crippen LogP contribution in [0.5, 0.6) is 0 Å². The molecular formula is C22H27N3O5S. The van der Waals surface area contributed by atoms with Crippen LogP contribution in [0, 0.1) is 10.1 Å². The van der Waals surface area contributed by atoms with Crippen LogP contribution < -0.4 is 9.62 Å². The Balaban J connectivity index is 1.82. The molecule has 0 bridgehead atoms. The van der Waals surface area contributed by atoms with Crippen LogP contribution in [-0.4, -0.2) is 31.5 Å². The summed E-state index contributed by atoms with van der Waals surface area (Å²) in [5, 5.41) is 14.0. The van der Waals surface area contributed by atoms with Crippen molar-refractivity contribution in [2.24, 2.45) is 0 Å². The predicted molar refractivity (Wildman–Crippen MR) is 120 cm³/mol. The second-order valence-corrected chi connectivity index (χ2v) is 9.84. The minimum Gasteiger partial charge on any atom is -0.348 e. The van der Waals surface area contributed by atoms with Crippen LogP contribution in [0.2, 0.25) is 0 Å². The number of nitro groups is 1. The van der Waals surface area contributed by atoms with E-state index in [1.165, 1.54) is 42.7 Å². The number of non-ortho nitro benzene ring substituents is 1. The van der Waals surface area contributed by atoms with E-state index in [1.807, 2.05) is 13.0 Å². The lowest BCUT2D eigenvalue weighted by Crippen LogP contribution is -2.48. The third kappa shape index (κ3) is 5.22. The first-order valence-corrected chi connectivity index (χ1v) is 12.1. The lowest BCUT2D eigenvalue weighted by Gasteiger charge is -2.29. The van der Waals surface area contributed by atoms with Gasteiger partial charge in [0.05, 0.1) is 22.9 Å². The molecule has 166 valence electrons. The van der Waals surface area contributed by atoms with E-state index in [0.29, 0.717) is 0 Å². The van der Waals surface area contributed by atoms with E-state index in [0.717, 1.165) is 41.5 Å². The average Bonchev–Trinajstić information content (AvgIpc) is 2.72. The lowest BCUT2D eigenvalue weighted by molar-refractivity contribution is -0.384. The molecule has 9 heteroatoms. The van der Waals surface area contributed by atoms with Crippen LogP contribution in [-0.2, 0) is 27.7 Å². The number of fused-ring (bicyclic) bond motifs is 1. The van der Waals surface area contributed by atoms with Crippen LogP contribution in [0.15, 0.2) is 42.5 Å². The van der Waals surface area contributed by atoms with Crippen molar-refractivity contribution in [1.29, 1.82) is 0 Å². The maximum absolute atomic E-state index is 12.9. The number of carbonyl (C=O) groups excluding carboxylic acids is 1. The summed E-state index contributed by atoms with van der Waals surface area (Å²) in [6, 6.07) is 10.1. The predicted octanol–water partition coefficient (Wildman–Crippen LogP) is 3.51. The molecule has 1 amide bonds. The van der Waals surface area contributed by atoms with Crippen LogP contribution in [0.1, 0.15) is 49.4 Å². The Morgan fingerprint density at radius 1 is 1.10 bits per heavy atom. The van der Waals surface area contributed by atoms with Gasteiger partial charge in [-0.15, -0.1) is 0 Å². The van der Waals surface area contributed by atoms with Crippen LogP contribution >= 0.6 is 0 Å². The highest BCUT2D eigenvalue weighted by Crippen LogP contribution is 2.27. The standard InChI is InChI=1S/C22H27N3O5S/c1-15(18-12-11-17-7-4-5-8-19(17)13-18)23-22(26)16(2)24(31(3,29)30)20-9-6-10-21(14-20)25(27)28/h6,9-16H,4-5,7-8H2,1-3H3,(H,23,26)/t15-,16+/m0/s1. The van der Waals surface area contributed by atoms with E-state index in [-0.39, 0.29) is 17.4 Å². The molecule has 2 atom stereocenters. The van der Waals surface area contributed by atoms with Gasteiger partial charge in [-0.2, -0.15) is 0 Å². The summed E-state index contributed by atoms with van der Waals surface area (Å²) in [4.78, 5) is 23.4. The van der Waals surface area contributed by atoms with E-state index in [4.69, 9.17) is 0 Å². The van der Waals surface area contributed by atoms with Crippen molar-refractivity contribution in [2.45, 2.75) is 51.6 Å². The number of benzene rings is 2. The first kappa shape index (κ1) is 22.7. The molecule has 0 heterocycles.